The van der Waals surface area contributed by atoms with Crippen LogP contribution in [0, 0.1) is 0 Å². The smallest absolute Gasteiger partial charge is 0.337 e. The quantitative estimate of drug-likeness (QED) is 0.147. The Labute approximate surface area is 190 Å². The third-order valence-corrected chi connectivity index (χ3v) is 6.52. The molecule has 1 N–H and O–H groups in total. The molecule has 0 saturated carbocycles. The molecular formula is C26H46NO4+. The van der Waals surface area contributed by atoms with Crippen LogP contribution in [0.4, 0.5) is 0 Å². The summed E-state index contributed by atoms with van der Waals surface area (Å²) < 4.78 is 6.02. The van der Waals surface area contributed by atoms with Crippen LogP contribution in [0.1, 0.15) is 111 Å². The predicted molar refractivity (Wildman–Crippen MR) is 126 cm³/mol. The number of unbranched alkanes of at least 4 members (excludes halogenated alkanes) is 12. The number of carboxylic acids is 1. The number of ether oxygens (including phenoxy) is 1. The van der Waals surface area contributed by atoms with Crippen LogP contribution >= 0.6 is 0 Å². The minimum Gasteiger partial charge on any atom is -0.478 e. The van der Waals surface area contributed by atoms with Crippen molar-refractivity contribution in [3.63, 3.8) is 0 Å². The summed E-state index contributed by atoms with van der Waals surface area (Å²) in [5, 5.41) is 9.30. The summed E-state index contributed by atoms with van der Waals surface area (Å²) in [5.41, 5.74) is 0.351. The zero-order valence-electron chi connectivity index (χ0n) is 20.2. The molecule has 5 heteroatoms. The molecule has 178 valence electrons. The van der Waals surface area contributed by atoms with Crippen LogP contribution in [0.2, 0.25) is 0 Å². The summed E-state index contributed by atoms with van der Waals surface area (Å²) in [6, 6.07) is 0. The van der Waals surface area contributed by atoms with Gasteiger partial charge in [0.2, 0.25) is 6.23 Å². The van der Waals surface area contributed by atoms with Gasteiger partial charge in [0.15, 0.2) is 0 Å². The molecule has 0 bridgehead atoms. The molecule has 1 heterocycles. The minimum absolute atomic E-state index is 0.179. The summed E-state index contributed by atoms with van der Waals surface area (Å²) in [4.78, 5) is 23.6. The van der Waals surface area contributed by atoms with E-state index < -0.39 is 12.2 Å². The maximum atomic E-state index is 12.3. The molecule has 0 aromatic heterocycles. The molecular weight excluding hydrogens is 390 g/mol. The van der Waals surface area contributed by atoms with Gasteiger partial charge in [-0.05, 0) is 25.5 Å². The minimum atomic E-state index is -0.911. The fourth-order valence-corrected chi connectivity index (χ4v) is 4.26. The average molecular weight is 437 g/mol. The van der Waals surface area contributed by atoms with Gasteiger partial charge in [0.25, 0.3) is 0 Å². The highest BCUT2D eigenvalue weighted by molar-refractivity contribution is 5.87. The van der Waals surface area contributed by atoms with E-state index in [0.29, 0.717) is 29.6 Å². The molecule has 31 heavy (non-hydrogen) atoms. The van der Waals surface area contributed by atoms with E-state index in [2.05, 4.69) is 6.92 Å². The molecule has 2 atom stereocenters. The number of allylic oxidation sites excluding steroid dienone is 2. The van der Waals surface area contributed by atoms with Gasteiger partial charge in [-0.1, -0.05) is 84.0 Å². The van der Waals surface area contributed by atoms with Crippen molar-refractivity contribution in [3.8, 4) is 0 Å². The van der Waals surface area contributed by atoms with Gasteiger partial charge >= 0.3 is 11.9 Å². The monoisotopic (exact) mass is 436 g/mol. The van der Waals surface area contributed by atoms with Crippen molar-refractivity contribution in [2.24, 2.45) is 0 Å². The summed E-state index contributed by atoms with van der Waals surface area (Å²) in [6.45, 7) is 7.13. The number of likely N-dealkylation sites (N-methyl/N-ethyl adjacent to an activating group) is 1. The van der Waals surface area contributed by atoms with Gasteiger partial charge in [-0.15, -0.1) is 0 Å². The second-order valence-corrected chi connectivity index (χ2v) is 9.00. The van der Waals surface area contributed by atoms with Crippen LogP contribution in [0.3, 0.4) is 0 Å². The molecule has 2 unspecified atom stereocenters. The number of nitrogens with zero attached hydrogens (tertiary/aromatic N) is 1. The maximum absolute atomic E-state index is 12.3. The molecule has 0 spiro atoms. The lowest BCUT2D eigenvalue weighted by Gasteiger charge is -2.39. The van der Waals surface area contributed by atoms with Crippen LogP contribution in [0.15, 0.2) is 23.9 Å². The largest absolute Gasteiger partial charge is 0.478 e. The molecule has 1 aliphatic rings. The van der Waals surface area contributed by atoms with Crippen molar-refractivity contribution in [2.75, 3.05) is 13.1 Å². The van der Waals surface area contributed by atoms with Gasteiger partial charge < -0.3 is 9.84 Å². The molecule has 0 saturated heterocycles. The Hall–Kier alpha value is -1.62. The Kier molecular flexibility index (Phi) is 14.2. The van der Waals surface area contributed by atoms with Crippen molar-refractivity contribution in [2.45, 2.75) is 117 Å². The Morgan fingerprint density at radius 2 is 1.45 bits per heavy atom. The van der Waals surface area contributed by atoms with Crippen LogP contribution in [0.5, 0.6) is 0 Å². The number of quaternary nitrogens is 1. The van der Waals surface area contributed by atoms with E-state index in [9.17, 15) is 14.7 Å². The molecule has 0 aromatic carbocycles. The lowest BCUT2D eigenvalue weighted by atomic mass is 10.0. The first-order valence-electron chi connectivity index (χ1n) is 12.6. The van der Waals surface area contributed by atoms with Gasteiger partial charge in [0.1, 0.15) is 6.54 Å². The van der Waals surface area contributed by atoms with Crippen LogP contribution in [-0.2, 0) is 14.3 Å². The number of aliphatic carboxylic acids is 1. The lowest BCUT2D eigenvalue weighted by Crippen LogP contribution is -2.54. The van der Waals surface area contributed by atoms with Crippen molar-refractivity contribution >= 4 is 11.9 Å². The highest BCUT2D eigenvalue weighted by Crippen LogP contribution is 2.23. The number of hydrogen-bond acceptors (Lipinski definition) is 3. The number of hydrogen-bond donors (Lipinski definition) is 1. The molecule has 0 fully saturated rings. The second-order valence-electron chi connectivity index (χ2n) is 9.00. The van der Waals surface area contributed by atoms with E-state index in [1.807, 2.05) is 20.0 Å². The Bertz CT molecular complexity index is 584. The van der Waals surface area contributed by atoms with Gasteiger partial charge in [-0.25, -0.2) is 4.79 Å². The number of carbonyl (C=O) groups is 2. The first kappa shape index (κ1) is 27.4. The van der Waals surface area contributed by atoms with Crippen molar-refractivity contribution in [1.82, 2.24) is 0 Å². The molecule has 1 aliphatic heterocycles. The molecule has 0 radical (unpaired) electrons. The number of carbonyl (C=O) groups excluding carboxylic acids is 1. The number of carboxylic acid groups (broad SMARTS) is 1. The molecule has 0 amide bonds. The van der Waals surface area contributed by atoms with Crippen LogP contribution < -0.4 is 0 Å². The zero-order chi connectivity index (χ0) is 23.0. The molecule has 5 nitrogen and oxygen atoms in total. The van der Waals surface area contributed by atoms with E-state index in [1.165, 1.54) is 70.6 Å². The molecule has 0 aliphatic carbocycles. The van der Waals surface area contributed by atoms with Crippen molar-refractivity contribution < 1.29 is 23.9 Å². The van der Waals surface area contributed by atoms with Gasteiger partial charge in [-0.3, -0.25) is 9.28 Å². The van der Waals surface area contributed by atoms with Crippen molar-refractivity contribution in [3.05, 3.63) is 23.9 Å². The SMILES string of the molecule is CCCCCCCCCCCCCCCC(=O)OC(C)[N+]1(CC)C=CC=C(C(=O)O)C1. The van der Waals surface area contributed by atoms with Gasteiger partial charge in [0, 0.05) is 13.3 Å². The fraction of sp³-hybridized carbons (Fsp3) is 0.769. The maximum Gasteiger partial charge on any atom is 0.337 e. The standard InChI is InChI=1S/C26H45NO4/c1-4-6-7-8-9-10-11-12-13-14-15-16-17-20-25(28)31-23(3)27(5-2)21-18-19-24(22-27)26(29)30/h18-19,21,23H,4-17,20,22H2,1-3H3/p+1. The van der Waals surface area contributed by atoms with E-state index in [4.69, 9.17) is 4.74 Å². The lowest BCUT2D eigenvalue weighted by molar-refractivity contribution is -0.916. The van der Waals surface area contributed by atoms with Gasteiger partial charge in [0.05, 0.1) is 18.3 Å². The van der Waals surface area contributed by atoms with E-state index in [1.54, 1.807) is 12.2 Å². The third-order valence-electron chi connectivity index (χ3n) is 6.52. The Morgan fingerprint density at radius 3 is 1.94 bits per heavy atom. The van der Waals surface area contributed by atoms with E-state index >= 15 is 0 Å². The highest BCUT2D eigenvalue weighted by atomic mass is 16.6. The van der Waals surface area contributed by atoms with Crippen LogP contribution in [0.25, 0.3) is 0 Å². The summed E-state index contributed by atoms with van der Waals surface area (Å²) >= 11 is 0. The number of rotatable bonds is 18. The number of esters is 1. The average Bonchev–Trinajstić information content (AvgIpc) is 2.76. The summed E-state index contributed by atoms with van der Waals surface area (Å²) in [5.74, 6) is -1.09. The highest BCUT2D eigenvalue weighted by Gasteiger charge is 2.37. The predicted octanol–water partition coefficient (Wildman–Crippen LogP) is 6.73. The normalized spacial score (nSPS) is 19.1. The summed E-state index contributed by atoms with van der Waals surface area (Å²) in [7, 11) is 0. The Morgan fingerprint density at radius 1 is 0.935 bits per heavy atom. The molecule has 1 rings (SSSR count). The second kappa shape index (κ2) is 16.1. The first-order valence-corrected chi connectivity index (χ1v) is 12.6. The Balaban J connectivity index is 2.11. The topological polar surface area (TPSA) is 63.6 Å². The van der Waals surface area contributed by atoms with E-state index in [-0.39, 0.29) is 5.97 Å². The first-order chi connectivity index (χ1) is 14.9. The fourth-order valence-electron chi connectivity index (χ4n) is 4.26. The van der Waals surface area contributed by atoms with Gasteiger partial charge in [-0.2, -0.15) is 0 Å². The van der Waals surface area contributed by atoms with E-state index in [0.717, 1.165) is 12.8 Å². The van der Waals surface area contributed by atoms with Crippen LogP contribution in [-0.4, -0.2) is 40.8 Å². The third kappa shape index (κ3) is 11.0. The zero-order valence-corrected chi connectivity index (χ0v) is 20.2. The molecule has 0 aromatic rings. The van der Waals surface area contributed by atoms with Crippen molar-refractivity contribution in [1.29, 1.82) is 0 Å². The summed E-state index contributed by atoms with van der Waals surface area (Å²) in [6.07, 6.45) is 22.0.